The van der Waals surface area contributed by atoms with E-state index in [2.05, 4.69) is 27.7 Å². The van der Waals surface area contributed by atoms with Gasteiger partial charge in [-0.25, -0.2) is 0 Å². The van der Waals surface area contributed by atoms with E-state index in [1.54, 1.807) is 0 Å². The summed E-state index contributed by atoms with van der Waals surface area (Å²) in [4.78, 5) is 0. The molecule has 0 heteroatoms. The monoisotopic (exact) mass is 1410 g/mol. The second-order valence-corrected chi connectivity index (χ2v) is 34.5. The van der Waals surface area contributed by atoms with Crippen molar-refractivity contribution in [3.63, 3.8) is 0 Å². The van der Waals surface area contributed by atoms with Gasteiger partial charge in [0.15, 0.2) is 0 Å². The second kappa shape index (κ2) is 103. The molecule has 0 rings (SSSR count). The molecule has 0 N–H and O–H groups in total. The molecule has 0 amide bonds. The van der Waals surface area contributed by atoms with Crippen molar-refractivity contribution in [1.29, 1.82) is 0 Å². The summed E-state index contributed by atoms with van der Waals surface area (Å²) in [6.45, 7) is 9.06. The third-order valence-corrected chi connectivity index (χ3v) is 23.9. The van der Waals surface area contributed by atoms with E-state index in [9.17, 15) is 0 Å². The van der Waals surface area contributed by atoms with Crippen LogP contribution >= 0.6 is 0 Å². The minimum Gasteiger partial charge on any atom is -0.0654 e. The Bertz CT molecular complexity index is 1170. The highest BCUT2D eigenvalue weighted by Gasteiger charge is 2.03. The lowest BCUT2D eigenvalue weighted by molar-refractivity contribution is 0.505. The van der Waals surface area contributed by atoms with Crippen LogP contribution < -0.4 is 0 Å². The smallest absolute Gasteiger partial charge is 0.0533 e. The molecule has 100 heavy (non-hydrogen) atoms. The number of unbranched alkanes of at least 4 members (excludes halogenated alkanes) is 94. The average Bonchev–Trinajstić information content (AvgIpc) is 3.68. The lowest BCUT2D eigenvalue weighted by Crippen LogP contribution is -1.85. The van der Waals surface area contributed by atoms with Crippen molar-refractivity contribution in [3.05, 3.63) is 0 Å². The van der Waals surface area contributed by atoms with Crippen LogP contribution in [0.4, 0.5) is 0 Å². The Morgan fingerprint density at radius 3 is 0.120 bits per heavy atom. The molecule has 0 aromatic carbocycles. The van der Waals surface area contributed by atoms with Crippen molar-refractivity contribution in [2.75, 3.05) is 0 Å². The summed E-state index contributed by atoms with van der Waals surface area (Å²) >= 11 is 0. The fraction of sp³-hybridized carbons (Fsp3) is 1.00. The molecule has 604 valence electrons. The molecule has 0 nitrogen and oxygen atoms in total. The quantitative estimate of drug-likeness (QED) is 0.0533. The summed E-state index contributed by atoms with van der Waals surface area (Å²) in [5.41, 5.74) is 0. The molecule has 0 radical (unpaired) electrons. The zero-order valence-corrected chi connectivity index (χ0v) is 71.9. The van der Waals surface area contributed by atoms with E-state index in [4.69, 9.17) is 0 Å². The predicted molar refractivity (Wildman–Crippen MR) is 466 cm³/mol. The van der Waals surface area contributed by atoms with Crippen molar-refractivity contribution >= 4 is 0 Å². The first-order valence-corrected chi connectivity index (χ1v) is 49.8. The Kier molecular flexibility index (Phi) is 105. The lowest BCUT2D eigenvalue weighted by Gasteiger charge is -2.05. The number of hydrogen-bond donors (Lipinski definition) is 0. The Balaban J connectivity index is 0. The van der Waals surface area contributed by atoms with Crippen LogP contribution in [0.1, 0.15) is 644 Å². The van der Waals surface area contributed by atoms with Crippen LogP contribution in [0.5, 0.6) is 0 Å². The summed E-state index contributed by atoms with van der Waals surface area (Å²) in [5, 5.41) is 0. The highest BCUT2D eigenvalue weighted by atomic mass is 14.1. The highest BCUT2D eigenvalue weighted by Crippen LogP contribution is 2.23. The molecule has 0 aliphatic heterocycles. The second-order valence-electron chi connectivity index (χ2n) is 34.5. The van der Waals surface area contributed by atoms with Gasteiger partial charge in [0.1, 0.15) is 0 Å². The molecule has 0 heterocycles. The van der Waals surface area contributed by atoms with Gasteiger partial charge in [0, 0.05) is 0 Å². The number of hydrogen-bond acceptors (Lipinski definition) is 0. The first kappa shape index (κ1) is 102. The van der Waals surface area contributed by atoms with Crippen molar-refractivity contribution in [3.8, 4) is 0 Å². The molecule has 0 aliphatic rings. The molecule has 0 aromatic heterocycles. The molecule has 0 atom stereocenters. The third kappa shape index (κ3) is 104. The minimum atomic E-state index is 1.34. The normalized spacial score (nSPS) is 11.6. The molecule has 0 fully saturated rings. The van der Waals surface area contributed by atoms with Crippen LogP contribution in [-0.2, 0) is 0 Å². The average molecular weight is 1410 g/mol. The van der Waals surface area contributed by atoms with Crippen molar-refractivity contribution in [1.82, 2.24) is 0 Å². The predicted octanol–water partition coefficient (Wildman–Crippen LogP) is 39.5. The molecule has 0 saturated carbocycles. The zero-order valence-electron chi connectivity index (χ0n) is 71.9. The first-order valence-electron chi connectivity index (χ1n) is 49.8. The largest absolute Gasteiger partial charge is 0.0654 e. The molecule has 0 saturated heterocycles. The van der Waals surface area contributed by atoms with Gasteiger partial charge in [-0.1, -0.05) is 644 Å². The zero-order chi connectivity index (χ0) is 71.9. The van der Waals surface area contributed by atoms with Gasteiger partial charge >= 0.3 is 0 Å². The highest BCUT2D eigenvalue weighted by molar-refractivity contribution is 4.59. The van der Waals surface area contributed by atoms with Crippen molar-refractivity contribution in [2.24, 2.45) is 0 Å². The van der Waals surface area contributed by atoms with Gasteiger partial charge in [-0.15, -0.1) is 0 Å². The van der Waals surface area contributed by atoms with Crippen LogP contribution in [0.2, 0.25) is 0 Å². The summed E-state index contributed by atoms with van der Waals surface area (Å²) in [6.07, 6.45) is 143. The van der Waals surface area contributed by atoms with Crippen LogP contribution in [0, 0.1) is 0 Å². The third-order valence-electron chi connectivity index (χ3n) is 23.9. The Morgan fingerprint density at radius 1 is 0.0500 bits per heavy atom. The van der Waals surface area contributed by atoms with E-state index in [1.165, 1.54) is 616 Å². The maximum atomic E-state index is 2.32. The Labute approximate surface area is 640 Å². The Morgan fingerprint density at radius 2 is 0.0900 bits per heavy atom. The molecule has 0 bridgehead atoms. The molecule has 0 aliphatic carbocycles. The molecular weight excluding hydrogens is 1200 g/mol. The summed E-state index contributed by atoms with van der Waals surface area (Å²) in [7, 11) is 0. The fourth-order valence-corrected chi connectivity index (χ4v) is 16.6. The summed E-state index contributed by atoms with van der Waals surface area (Å²) in [6, 6.07) is 0. The molecule has 0 unspecified atom stereocenters. The van der Waals surface area contributed by atoms with Gasteiger partial charge in [-0.05, 0) is 0 Å². The fourth-order valence-electron chi connectivity index (χ4n) is 16.6. The Hall–Kier alpha value is 0. The lowest BCUT2D eigenvalue weighted by atomic mass is 10.0. The van der Waals surface area contributed by atoms with Gasteiger partial charge in [0.25, 0.3) is 0 Å². The van der Waals surface area contributed by atoms with Crippen molar-refractivity contribution in [2.45, 2.75) is 644 Å². The van der Waals surface area contributed by atoms with E-state index in [-0.39, 0.29) is 0 Å². The summed E-state index contributed by atoms with van der Waals surface area (Å²) < 4.78 is 0. The van der Waals surface area contributed by atoms with E-state index >= 15 is 0 Å². The van der Waals surface area contributed by atoms with Crippen LogP contribution in [0.3, 0.4) is 0 Å². The minimum absolute atomic E-state index is 1.34. The van der Waals surface area contributed by atoms with Gasteiger partial charge in [0.05, 0.1) is 0 Å². The van der Waals surface area contributed by atoms with Gasteiger partial charge in [-0.2, -0.15) is 0 Å². The van der Waals surface area contributed by atoms with Gasteiger partial charge in [0.2, 0.25) is 0 Å². The number of rotatable bonds is 94. The SMILES string of the molecule is CCCCC.CCCCCCCCCCCCCCCCCCCCCCCCCCCCCCCCCCCCCCCCCCCCCCCCCCCCCCCCCCCCCCCCCCCCCCCCCCCCCCCCCCCCCCCCCCCCCCC. The maximum absolute atomic E-state index is 2.32. The molecular formula is C100H204. The maximum Gasteiger partial charge on any atom is -0.0533 e. The van der Waals surface area contributed by atoms with Gasteiger partial charge in [-0.3, -0.25) is 0 Å². The van der Waals surface area contributed by atoms with Crippen LogP contribution in [0.25, 0.3) is 0 Å². The van der Waals surface area contributed by atoms with E-state index < -0.39 is 0 Å². The molecule has 0 aromatic rings. The topological polar surface area (TPSA) is 0 Å². The van der Waals surface area contributed by atoms with E-state index in [0.29, 0.717) is 0 Å². The van der Waals surface area contributed by atoms with Gasteiger partial charge < -0.3 is 0 Å². The van der Waals surface area contributed by atoms with E-state index in [0.717, 1.165) is 0 Å². The molecule has 0 spiro atoms. The first-order chi connectivity index (χ1) is 49.8. The standard InChI is InChI=1S/C95H192.C5H12/c1-3-5-7-9-11-13-15-17-19-21-23-25-27-29-31-33-35-37-39-41-43-45-47-49-51-53-55-57-59-61-63-65-67-69-71-73-75-77-79-81-83-85-87-89-91-93-95-94-92-90-88-86-84-82-80-78-76-74-72-70-68-66-64-62-60-58-56-54-52-50-48-46-44-42-40-38-36-34-32-30-28-26-24-22-20-18-16-14-12-10-8-6-4-2;1-3-5-4-2/h3-95H2,1-2H3;3-5H2,1-2H3. The summed E-state index contributed by atoms with van der Waals surface area (Å²) in [5.74, 6) is 0. The van der Waals surface area contributed by atoms with E-state index in [1.807, 2.05) is 0 Å². The van der Waals surface area contributed by atoms with Crippen LogP contribution in [-0.4, -0.2) is 0 Å². The van der Waals surface area contributed by atoms with Crippen molar-refractivity contribution < 1.29 is 0 Å². The van der Waals surface area contributed by atoms with Crippen LogP contribution in [0.15, 0.2) is 0 Å².